The van der Waals surface area contributed by atoms with Crippen molar-refractivity contribution in [1.29, 1.82) is 0 Å². The molecular formula is C24H23F2N5O2S. The van der Waals surface area contributed by atoms with E-state index < -0.39 is 6.61 Å². The average molecular weight is 484 g/mol. The maximum Gasteiger partial charge on any atom is 0.387 e. The number of rotatable bonds is 10. The van der Waals surface area contributed by atoms with Crippen molar-refractivity contribution >= 4 is 28.6 Å². The van der Waals surface area contributed by atoms with Gasteiger partial charge in [0.1, 0.15) is 5.75 Å². The molecule has 0 saturated heterocycles. The van der Waals surface area contributed by atoms with Crippen molar-refractivity contribution in [3.63, 3.8) is 0 Å². The number of fused-ring (bicyclic) bond motifs is 1. The summed E-state index contributed by atoms with van der Waals surface area (Å²) in [5.74, 6) is 1.08. The van der Waals surface area contributed by atoms with Gasteiger partial charge in [0.15, 0.2) is 11.0 Å². The highest BCUT2D eigenvalue weighted by atomic mass is 32.2. The molecule has 34 heavy (non-hydrogen) atoms. The van der Waals surface area contributed by atoms with Crippen LogP contribution in [0.3, 0.4) is 0 Å². The van der Waals surface area contributed by atoms with Crippen molar-refractivity contribution in [3.8, 4) is 17.1 Å². The number of amides is 1. The number of aromatic amines is 1. The Hall–Kier alpha value is -3.40. The zero-order valence-corrected chi connectivity index (χ0v) is 19.0. The zero-order chi connectivity index (χ0) is 23.5. The maximum atomic E-state index is 12.4. The van der Waals surface area contributed by atoms with E-state index >= 15 is 0 Å². The van der Waals surface area contributed by atoms with E-state index in [1.807, 2.05) is 24.4 Å². The number of carbonyl (C=O) groups excluding carboxylic acids is 1. The molecule has 0 unspecified atom stereocenters. The molecule has 0 radical (unpaired) electrons. The molecule has 1 aliphatic rings. The predicted molar refractivity (Wildman–Crippen MR) is 126 cm³/mol. The Kier molecular flexibility index (Phi) is 6.48. The quantitative estimate of drug-likeness (QED) is 0.316. The van der Waals surface area contributed by atoms with Crippen molar-refractivity contribution in [3.05, 3.63) is 60.3 Å². The fraction of sp³-hybridized carbons (Fsp3) is 0.292. The Morgan fingerprint density at radius 1 is 1.18 bits per heavy atom. The van der Waals surface area contributed by atoms with Crippen LogP contribution in [-0.2, 0) is 11.2 Å². The minimum atomic E-state index is -2.84. The van der Waals surface area contributed by atoms with Gasteiger partial charge < -0.3 is 15.0 Å². The summed E-state index contributed by atoms with van der Waals surface area (Å²) in [5.41, 5.74) is 2.98. The van der Waals surface area contributed by atoms with Gasteiger partial charge in [-0.3, -0.25) is 9.36 Å². The van der Waals surface area contributed by atoms with E-state index in [2.05, 4.69) is 35.9 Å². The summed E-state index contributed by atoms with van der Waals surface area (Å²) in [6.45, 7) is -2.39. The van der Waals surface area contributed by atoms with Crippen molar-refractivity contribution in [2.75, 3.05) is 12.3 Å². The van der Waals surface area contributed by atoms with Crippen LogP contribution in [0, 0.1) is 0 Å². The summed E-state index contributed by atoms with van der Waals surface area (Å²) in [6.07, 6.45) is 4.71. The number of thioether (sulfide) groups is 1. The van der Waals surface area contributed by atoms with E-state index in [0.717, 1.165) is 45.9 Å². The first kappa shape index (κ1) is 22.4. The Morgan fingerprint density at radius 3 is 2.74 bits per heavy atom. The monoisotopic (exact) mass is 483 g/mol. The highest BCUT2D eigenvalue weighted by Crippen LogP contribution is 2.42. The lowest BCUT2D eigenvalue weighted by Crippen LogP contribution is -2.27. The number of para-hydroxylation sites is 1. The predicted octanol–water partition coefficient (Wildman–Crippen LogP) is 4.81. The molecule has 10 heteroatoms. The lowest BCUT2D eigenvalue weighted by atomic mass is 10.1. The first-order valence-electron chi connectivity index (χ1n) is 11.0. The van der Waals surface area contributed by atoms with E-state index in [4.69, 9.17) is 0 Å². The molecule has 176 valence electrons. The van der Waals surface area contributed by atoms with Crippen LogP contribution in [0.1, 0.15) is 24.4 Å². The van der Waals surface area contributed by atoms with Crippen molar-refractivity contribution in [2.45, 2.75) is 37.1 Å². The molecule has 0 aliphatic heterocycles. The molecule has 0 bridgehead atoms. The molecule has 2 aromatic carbocycles. The molecular weight excluding hydrogens is 460 g/mol. The summed E-state index contributed by atoms with van der Waals surface area (Å²) in [7, 11) is 0. The summed E-state index contributed by atoms with van der Waals surface area (Å²) < 4.78 is 31.0. The highest BCUT2D eigenvalue weighted by molar-refractivity contribution is 7.99. The van der Waals surface area contributed by atoms with Gasteiger partial charge in [0.2, 0.25) is 5.91 Å². The number of H-pyrrole nitrogens is 1. The average Bonchev–Trinajstić information content (AvgIpc) is 3.44. The number of benzene rings is 2. The lowest BCUT2D eigenvalue weighted by molar-refractivity contribution is -0.118. The van der Waals surface area contributed by atoms with Gasteiger partial charge in [0.05, 0.1) is 5.75 Å². The van der Waals surface area contributed by atoms with Crippen LogP contribution in [0.15, 0.2) is 59.9 Å². The Balaban J connectivity index is 1.17. The third kappa shape index (κ3) is 5.06. The second kappa shape index (κ2) is 9.84. The Labute approximate surface area is 198 Å². The number of hydrogen-bond donors (Lipinski definition) is 2. The van der Waals surface area contributed by atoms with E-state index in [1.54, 1.807) is 12.1 Å². The number of nitrogens with zero attached hydrogens (tertiary/aromatic N) is 3. The summed E-state index contributed by atoms with van der Waals surface area (Å²) in [4.78, 5) is 15.7. The van der Waals surface area contributed by atoms with E-state index in [9.17, 15) is 13.6 Å². The van der Waals surface area contributed by atoms with Crippen LogP contribution in [0.5, 0.6) is 5.75 Å². The third-order valence-corrected chi connectivity index (χ3v) is 6.57. The van der Waals surface area contributed by atoms with Crippen molar-refractivity contribution < 1.29 is 18.3 Å². The normalized spacial score (nSPS) is 13.5. The van der Waals surface area contributed by atoms with Gasteiger partial charge in [-0.05, 0) is 43.0 Å². The van der Waals surface area contributed by atoms with Gasteiger partial charge in [0.25, 0.3) is 0 Å². The smallest absolute Gasteiger partial charge is 0.387 e. The van der Waals surface area contributed by atoms with Crippen LogP contribution in [0.4, 0.5) is 8.78 Å². The molecule has 1 aliphatic carbocycles. The third-order valence-electron chi connectivity index (χ3n) is 5.62. The van der Waals surface area contributed by atoms with E-state index in [0.29, 0.717) is 19.0 Å². The minimum absolute atomic E-state index is 0.0957. The second-order valence-corrected chi connectivity index (χ2v) is 9.01. The molecule has 2 N–H and O–H groups in total. The van der Waals surface area contributed by atoms with Gasteiger partial charge in [-0.25, -0.2) is 0 Å². The Morgan fingerprint density at radius 2 is 1.97 bits per heavy atom. The van der Waals surface area contributed by atoms with E-state index in [1.165, 1.54) is 23.9 Å². The molecule has 1 fully saturated rings. The molecule has 1 saturated carbocycles. The first-order chi connectivity index (χ1) is 16.6. The number of nitrogens with one attached hydrogen (secondary N) is 2. The van der Waals surface area contributed by atoms with Crippen LogP contribution in [-0.4, -0.2) is 44.6 Å². The summed E-state index contributed by atoms with van der Waals surface area (Å²) in [6, 6.07) is 14.9. The molecule has 0 spiro atoms. The molecule has 4 aromatic rings. The van der Waals surface area contributed by atoms with Crippen LogP contribution < -0.4 is 10.1 Å². The first-order valence-corrected chi connectivity index (χ1v) is 12.0. The maximum absolute atomic E-state index is 12.4. The van der Waals surface area contributed by atoms with Gasteiger partial charge in [-0.2, -0.15) is 8.78 Å². The summed E-state index contributed by atoms with van der Waals surface area (Å²) >= 11 is 1.38. The fourth-order valence-corrected chi connectivity index (χ4v) is 4.68. The molecule has 1 amide bonds. The van der Waals surface area contributed by atoms with Gasteiger partial charge in [-0.15, -0.1) is 10.2 Å². The van der Waals surface area contributed by atoms with Gasteiger partial charge in [0, 0.05) is 35.2 Å². The summed E-state index contributed by atoms with van der Waals surface area (Å²) in [5, 5.41) is 13.6. The highest BCUT2D eigenvalue weighted by Gasteiger charge is 2.31. The van der Waals surface area contributed by atoms with Gasteiger partial charge in [-0.1, -0.05) is 42.1 Å². The molecule has 2 heterocycles. The number of aromatic nitrogens is 4. The number of alkyl halides is 2. The molecule has 2 aromatic heterocycles. The fourth-order valence-electron chi connectivity index (χ4n) is 3.84. The lowest BCUT2D eigenvalue weighted by Gasteiger charge is -2.09. The SMILES string of the molecule is O=C(CSc1nnc(-c2c[nH]c3ccccc23)n1C1CC1)NCCc1ccc(OC(F)F)cc1. The number of ether oxygens (including phenoxy) is 1. The molecule has 5 rings (SSSR count). The van der Waals surface area contributed by atoms with Crippen LogP contribution in [0.25, 0.3) is 22.3 Å². The minimum Gasteiger partial charge on any atom is -0.435 e. The van der Waals surface area contributed by atoms with Crippen molar-refractivity contribution in [2.24, 2.45) is 0 Å². The van der Waals surface area contributed by atoms with Crippen LogP contribution in [0.2, 0.25) is 0 Å². The zero-order valence-electron chi connectivity index (χ0n) is 18.2. The van der Waals surface area contributed by atoms with E-state index in [-0.39, 0.29) is 17.4 Å². The number of halogens is 2. The Bertz CT molecular complexity index is 1280. The second-order valence-electron chi connectivity index (χ2n) is 8.07. The molecule has 7 nitrogen and oxygen atoms in total. The standard InChI is InChI=1S/C24H23F2N5O2S/c25-23(26)33-17-9-5-15(6-10-17)11-12-27-21(32)14-34-24-30-29-22(31(24)16-7-8-16)19-13-28-20-4-2-1-3-18(19)20/h1-6,9-10,13,16,23,28H,7-8,11-12,14H2,(H,27,32). The number of carbonyl (C=O) groups is 1. The van der Waals surface area contributed by atoms with Crippen LogP contribution >= 0.6 is 11.8 Å². The molecule has 0 atom stereocenters. The topological polar surface area (TPSA) is 84.8 Å². The van der Waals surface area contributed by atoms with Gasteiger partial charge >= 0.3 is 6.61 Å². The largest absolute Gasteiger partial charge is 0.435 e. The van der Waals surface area contributed by atoms with Crippen molar-refractivity contribution in [1.82, 2.24) is 25.1 Å². The number of hydrogen-bond acceptors (Lipinski definition) is 5.